The highest BCUT2D eigenvalue weighted by molar-refractivity contribution is 9.10. The fraction of sp³-hybridized carbons (Fsp3) is 0. The van der Waals surface area contributed by atoms with Crippen LogP contribution < -0.4 is 5.32 Å². The zero-order valence-corrected chi connectivity index (χ0v) is 11.7. The number of anilines is 1. The SMILES string of the molecule is O=C(Nc1cc(Cl)ccc1C(=O)O)c1cc(Br)c[nH]1. The van der Waals surface area contributed by atoms with Gasteiger partial charge in [-0.05, 0) is 40.2 Å². The van der Waals surface area contributed by atoms with Crippen molar-refractivity contribution in [1.82, 2.24) is 4.98 Å². The van der Waals surface area contributed by atoms with E-state index >= 15 is 0 Å². The number of carbonyl (C=O) groups excluding carboxylic acids is 1. The lowest BCUT2D eigenvalue weighted by Crippen LogP contribution is -2.15. The molecule has 0 aliphatic carbocycles. The summed E-state index contributed by atoms with van der Waals surface area (Å²) in [6.07, 6.45) is 1.60. The highest BCUT2D eigenvalue weighted by Gasteiger charge is 2.15. The predicted octanol–water partition coefficient (Wildman–Crippen LogP) is 3.38. The maximum atomic E-state index is 11.9. The topological polar surface area (TPSA) is 82.2 Å². The number of carboxylic acid groups (broad SMARTS) is 1. The minimum atomic E-state index is -1.14. The second-order valence-electron chi connectivity index (χ2n) is 3.68. The molecule has 0 bridgehead atoms. The van der Waals surface area contributed by atoms with Gasteiger partial charge in [0.1, 0.15) is 5.69 Å². The van der Waals surface area contributed by atoms with Gasteiger partial charge in [-0.15, -0.1) is 0 Å². The lowest BCUT2D eigenvalue weighted by molar-refractivity contribution is 0.0698. The van der Waals surface area contributed by atoms with Crippen molar-refractivity contribution in [2.24, 2.45) is 0 Å². The number of hydrogen-bond donors (Lipinski definition) is 3. The number of hydrogen-bond acceptors (Lipinski definition) is 2. The fourth-order valence-electron chi connectivity index (χ4n) is 1.50. The van der Waals surface area contributed by atoms with E-state index in [1.807, 2.05) is 0 Å². The zero-order valence-electron chi connectivity index (χ0n) is 9.41. The van der Waals surface area contributed by atoms with Crippen LogP contribution in [0.15, 0.2) is 34.9 Å². The normalized spacial score (nSPS) is 10.2. The molecule has 5 nitrogen and oxygen atoms in total. The number of nitrogens with one attached hydrogen (secondary N) is 2. The molecule has 98 valence electrons. The minimum Gasteiger partial charge on any atom is -0.478 e. The molecule has 0 aliphatic rings. The summed E-state index contributed by atoms with van der Waals surface area (Å²) in [4.78, 5) is 25.7. The Morgan fingerprint density at radius 1 is 1.32 bits per heavy atom. The average Bonchev–Trinajstić information content (AvgIpc) is 2.75. The van der Waals surface area contributed by atoms with Crippen molar-refractivity contribution < 1.29 is 14.7 Å². The lowest BCUT2D eigenvalue weighted by atomic mass is 10.1. The van der Waals surface area contributed by atoms with Gasteiger partial charge in [-0.3, -0.25) is 4.79 Å². The molecular weight excluding hydrogens is 336 g/mol. The molecule has 0 fully saturated rings. The molecule has 0 radical (unpaired) electrons. The first kappa shape index (κ1) is 13.6. The first-order chi connectivity index (χ1) is 8.97. The number of halogens is 2. The van der Waals surface area contributed by atoms with Gasteiger partial charge in [-0.2, -0.15) is 0 Å². The van der Waals surface area contributed by atoms with E-state index in [0.717, 1.165) is 4.47 Å². The van der Waals surface area contributed by atoms with Crippen LogP contribution in [-0.2, 0) is 0 Å². The average molecular weight is 344 g/mol. The monoisotopic (exact) mass is 342 g/mol. The summed E-state index contributed by atoms with van der Waals surface area (Å²) in [5.41, 5.74) is 0.433. The first-order valence-corrected chi connectivity index (χ1v) is 6.32. The molecule has 0 unspecified atom stereocenters. The Labute approximate surface area is 121 Å². The number of carboxylic acids is 1. The van der Waals surface area contributed by atoms with Crippen LogP contribution in [0.25, 0.3) is 0 Å². The number of H-pyrrole nitrogens is 1. The van der Waals surface area contributed by atoms with Crippen LogP contribution in [0.1, 0.15) is 20.8 Å². The molecule has 2 rings (SSSR count). The molecule has 7 heteroatoms. The molecule has 1 aromatic heterocycles. The third kappa shape index (κ3) is 3.15. The van der Waals surface area contributed by atoms with Gasteiger partial charge in [0.05, 0.1) is 11.3 Å². The molecule has 2 aromatic rings. The maximum Gasteiger partial charge on any atom is 0.337 e. The van der Waals surface area contributed by atoms with Gasteiger partial charge in [-0.1, -0.05) is 11.6 Å². The maximum absolute atomic E-state index is 11.9. The molecule has 3 N–H and O–H groups in total. The highest BCUT2D eigenvalue weighted by Crippen LogP contribution is 2.22. The predicted molar refractivity (Wildman–Crippen MR) is 74.9 cm³/mol. The number of amides is 1. The van der Waals surface area contributed by atoms with E-state index in [4.69, 9.17) is 16.7 Å². The molecule has 1 amide bonds. The second kappa shape index (κ2) is 5.46. The standard InChI is InChI=1S/C12H8BrClN2O3/c13-6-3-10(15-5-6)11(17)16-9-4-7(14)1-2-8(9)12(18)19/h1-5,15H,(H,16,17)(H,18,19). The van der Waals surface area contributed by atoms with Gasteiger partial charge in [0, 0.05) is 15.7 Å². The van der Waals surface area contributed by atoms with Crippen molar-refractivity contribution in [3.63, 3.8) is 0 Å². The molecule has 19 heavy (non-hydrogen) atoms. The fourth-order valence-corrected chi connectivity index (χ4v) is 2.01. The van der Waals surface area contributed by atoms with Crippen LogP contribution in [0.4, 0.5) is 5.69 Å². The van der Waals surface area contributed by atoms with Crippen molar-refractivity contribution in [1.29, 1.82) is 0 Å². The van der Waals surface area contributed by atoms with Gasteiger partial charge in [0.2, 0.25) is 0 Å². The summed E-state index contributed by atoms with van der Waals surface area (Å²) in [5.74, 6) is -1.59. The van der Waals surface area contributed by atoms with Gasteiger partial charge >= 0.3 is 5.97 Å². The quantitative estimate of drug-likeness (QED) is 0.799. The van der Waals surface area contributed by atoms with Crippen molar-refractivity contribution in [2.45, 2.75) is 0 Å². The Bertz CT molecular complexity index is 654. The molecule has 1 heterocycles. The van der Waals surface area contributed by atoms with Gasteiger partial charge in [0.25, 0.3) is 5.91 Å². The Morgan fingerprint density at radius 2 is 2.05 bits per heavy atom. The Balaban J connectivity index is 2.30. The molecule has 0 saturated heterocycles. The molecule has 0 spiro atoms. The summed E-state index contributed by atoms with van der Waals surface area (Å²) >= 11 is 9.00. The summed E-state index contributed by atoms with van der Waals surface area (Å²) < 4.78 is 0.724. The number of aromatic nitrogens is 1. The molecule has 1 aromatic carbocycles. The third-order valence-electron chi connectivity index (χ3n) is 2.35. The first-order valence-electron chi connectivity index (χ1n) is 5.15. The minimum absolute atomic E-state index is 0.0247. The Morgan fingerprint density at radius 3 is 2.63 bits per heavy atom. The van der Waals surface area contributed by atoms with Crippen molar-refractivity contribution in [2.75, 3.05) is 5.32 Å². The van der Waals surface area contributed by atoms with E-state index < -0.39 is 11.9 Å². The van der Waals surface area contributed by atoms with Crippen LogP contribution in [-0.4, -0.2) is 22.0 Å². The van der Waals surface area contributed by atoms with Crippen molar-refractivity contribution in [3.8, 4) is 0 Å². The second-order valence-corrected chi connectivity index (χ2v) is 5.03. The number of carbonyl (C=O) groups is 2. The summed E-state index contributed by atoms with van der Waals surface area (Å²) in [6.45, 7) is 0. The summed E-state index contributed by atoms with van der Waals surface area (Å²) in [7, 11) is 0. The van der Waals surface area contributed by atoms with Crippen LogP contribution in [0, 0.1) is 0 Å². The molecule has 0 aliphatic heterocycles. The Hall–Kier alpha value is -1.79. The number of aromatic amines is 1. The lowest BCUT2D eigenvalue weighted by Gasteiger charge is -2.08. The van der Waals surface area contributed by atoms with Crippen LogP contribution in [0.5, 0.6) is 0 Å². The van der Waals surface area contributed by atoms with E-state index in [0.29, 0.717) is 10.7 Å². The van der Waals surface area contributed by atoms with Crippen LogP contribution in [0.3, 0.4) is 0 Å². The largest absolute Gasteiger partial charge is 0.478 e. The van der Waals surface area contributed by atoms with Crippen LogP contribution >= 0.6 is 27.5 Å². The number of rotatable bonds is 3. The molecule has 0 atom stereocenters. The third-order valence-corrected chi connectivity index (χ3v) is 3.05. The molecule has 0 saturated carbocycles. The van der Waals surface area contributed by atoms with Crippen molar-refractivity contribution >= 4 is 45.1 Å². The Kier molecular flexibility index (Phi) is 3.92. The van der Waals surface area contributed by atoms with E-state index in [1.165, 1.54) is 18.2 Å². The van der Waals surface area contributed by atoms with E-state index in [2.05, 4.69) is 26.2 Å². The van der Waals surface area contributed by atoms with Gasteiger partial charge < -0.3 is 15.4 Å². The number of benzene rings is 1. The highest BCUT2D eigenvalue weighted by atomic mass is 79.9. The van der Waals surface area contributed by atoms with E-state index in [1.54, 1.807) is 12.3 Å². The van der Waals surface area contributed by atoms with Gasteiger partial charge in [-0.25, -0.2) is 4.79 Å². The number of aromatic carboxylic acids is 1. The summed E-state index contributed by atoms with van der Waals surface area (Å²) in [5, 5.41) is 11.9. The summed E-state index contributed by atoms with van der Waals surface area (Å²) in [6, 6.07) is 5.76. The zero-order chi connectivity index (χ0) is 14.0. The molecular formula is C12H8BrClN2O3. The van der Waals surface area contributed by atoms with E-state index in [9.17, 15) is 9.59 Å². The van der Waals surface area contributed by atoms with Crippen molar-refractivity contribution in [3.05, 3.63) is 51.2 Å². The van der Waals surface area contributed by atoms with Gasteiger partial charge in [0.15, 0.2) is 0 Å². The van der Waals surface area contributed by atoms with E-state index in [-0.39, 0.29) is 11.3 Å². The van der Waals surface area contributed by atoms with Crippen LogP contribution in [0.2, 0.25) is 5.02 Å². The smallest absolute Gasteiger partial charge is 0.337 e.